The summed E-state index contributed by atoms with van der Waals surface area (Å²) in [5.41, 5.74) is 0.626. The minimum Gasteiger partial charge on any atom is -0.323 e. The zero-order valence-corrected chi connectivity index (χ0v) is 13.0. The van der Waals surface area contributed by atoms with Gasteiger partial charge in [-0.3, -0.25) is 4.79 Å². The Morgan fingerprint density at radius 3 is 2.73 bits per heavy atom. The highest BCUT2D eigenvalue weighted by Gasteiger charge is 2.19. The van der Waals surface area contributed by atoms with Crippen molar-refractivity contribution in [3.8, 4) is 5.69 Å². The molecule has 2 aromatic rings. The summed E-state index contributed by atoms with van der Waals surface area (Å²) in [7, 11) is -3.24. The van der Waals surface area contributed by atoms with Crippen LogP contribution in [0, 0.1) is 11.7 Å². The summed E-state index contributed by atoms with van der Waals surface area (Å²) < 4.78 is 37.3. The summed E-state index contributed by atoms with van der Waals surface area (Å²) in [5, 5.41) is 6.54. The van der Waals surface area contributed by atoms with Crippen LogP contribution >= 0.6 is 0 Å². The highest BCUT2D eigenvalue weighted by Crippen LogP contribution is 2.15. The maximum atomic E-state index is 13.6. The number of para-hydroxylation sites is 1. The lowest BCUT2D eigenvalue weighted by atomic mass is 10.2. The Bertz CT molecular complexity index is 786. The zero-order chi connectivity index (χ0) is 16.3. The van der Waals surface area contributed by atoms with Crippen LogP contribution < -0.4 is 5.32 Å². The first-order valence-corrected chi connectivity index (χ1v) is 8.60. The standard InChI is InChI=1S/C14H16FN3O3S/c1-10(9-22(2,20)21)14(19)17-11-7-16-18(8-11)13-6-4-3-5-12(13)15/h3-8,10H,9H2,1-2H3,(H,17,19). The second-order valence-electron chi connectivity index (χ2n) is 5.11. The van der Waals surface area contributed by atoms with Crippen molar-refractivity contribution in [2.24, 2.45) is 5.92 Å². The number of nitrogens with zero attached hydrogens (tertiary/aromatic N) is 2. The van der Waals surface area contributed by atoms with Crippen LogP contribution in [0.1, 0.15) is 6.92 Å². The summed E-state index contributed by atoms with van der Waals surface area (Å²) in [6, 6.07) is 6.11. The van der Waals surface area contributed by atoms with Crippen LogP contribution in [0.4, 0.5) is 10.1 Å². The van der Waals surface area contributed by atoms with Gasteiger partial charge in [-0.1, -0.05) is 19.1 Å². The van der Waals surface area contributed by atoms with E-state index in [0.717, 1.165) is 6.26 Å². The molecule has 6 nitrogen and oxygen atoms in total. The van der Waals surface area contributed by atoms with Gasteiger partial charge < -0.3 is 5.32 Å². The largest absolute Gasteiger partial charge is 0.323 e. The summed E-state index contributed by atoms with van der Waals surface area (Å²) in [5.74, 6) is -1.79. The number of hydrogen-bond donors (Lipinski definition) is 1. The first kappa shape index (κ1) is 16.2. The average molecular weight is 325 g/mol. The van der Waals surface area contributed by atoms with Crippen molar-refractivity contribution in [3.05, 3.63) is 42.5 Å². The predicted octanol–water partition coefficient (Wildman–Crippen LogP) is 1.63. The van der Waals surface area contributed by atoms with Crippen LogP contribution in [0.5, 0.6) is 0 Å². The van der Waals surface area contributed by atoms with Gasteiger partial charge in [-0.2, -0.15) is 5.10 Å². The van der Waals surface area contributed by atoms with Crippen molar-refractivity contribution in [1.29, 1.82) is 0 Å². The lowest BCUT2D eigenvalue weighted by Gasteiger charge is -2.09. The quantitative estimate of drug-likeness (QED) is 0.906. The van der Waals surface area contributed by atoms with Crippen molar-refractivity contribution in [3.63, 3.8) is 0 Å². The first-order chi connectivity index (χ1) is 10.3. The zero-order valence-electron chi connectivity index (χ0n) is 12.2. The average Bonchev–Trinajstić information content (AvgIpc) is 2.85. The van der Waals surface area contributed by atoms with E-state index in [-0.39, 0.29) is 11.4 Å². The topological polar surface area (TPSA) is 81.1 Å². The van der Waals surface area contributed by atoms with Crippen LogP contribution in [0.2, 0.25) is 0 Å². The molecule has 0 bridgehead atoms. The molecular formula is C14H16FN3O3S. The monoisotopic (exact) mass is 325 g/mol. The molecule has 1 amide bonds. The number of aromatic nitrogens is 2. The number of carbonyl (C=O) groups is 1. The summed E-state index contributed by atoms with van der Waals surface area (Å²) in [4.78, 5) is 11.9. The second-order valence-corrected chi connectivity index (χ2v) is 7.29. The number of nitrogens with one attached hydrogen (secondary N) is 1. The summed E-state index contributed by atoms with van der Waals surface area (Å²) >= 11 is 0. The number of hydrogen-bond acceptors (Lipinski definition) is 4. The van der Waals surface area contributed by atoms with Crippen LogP contribution in [-0.4, -0.2) is 36.1 Å². The van der Waals surface area contributed by atoms with Gasteiger partial charge >= 0.3 is 0 Å². The van der Waals surface area contributed by atoms with Crippen molar-refractivity contribution in [2.75, 3.05) is 17.3 Å². The molecule has 118 valence electrons. The van der Waals surface area contributed by atoms with Gasteiger partial charge in [0.15, 0.2) is 0 Å². The second kappa shape index (κ2) is 6.27. The van der Waals surface area contributed by atoms with Gasteiger partial charge in [-0.15, -0.1) is 0 Å². The smallest absolute Gasteiger partial charge is 0.228 e. The maximum absolute atomic E-state index is 13.6. The molecule has 2 rings (SSSR count). The van der Waals surface area contributed by atoms with E-state index in [1.807, 2.05) is 0 Å². The fraction of sp³-hybridized carbons (Fsp3) is 0.286. The molecule has 22 heavy (non-hydrogen) atoms. The number of amides is 1. The van der Waals surface area contributed by atoms with E-state index < -0.39 is 27.5 Å². The molecular weight excluding hydrogens is 309 g/mol. The van der Waals surface area contributed by atoms with E-state index in [4.69, 9.17) is 0 Å². The molecule has 0 radical (unpaired) electrons. The van der Waals surface area contributed by atoms with Crippen LogP contribution in [0.3, 0.4) is 0 Å². The third-order valence-electron chi connectivity index (χ3n) is 2.95. The molecule has 0 aliphatic heterocycles. The Morgan fingerprint density at radius 1 is 1.41 bits per heavy atom. The minimum absolute atomic E-state index is 0.236. The fourth-order valence-corrected chi connectivity index (χ4v) is 3.01. The highest BCUT2D eigenvalue weighted by molar-refractivity contribution is 7.90. The summed E-state index contributed by atoms with van der Waals surface area (Å²) in [6.07, 6.45) is 3.91. The van der Waals surface area contributed by atoms with Gasteiger partial charge in [0.05, 0.1) is 23.8 Å². The van der Waals surface area contributed by atoms with Crippen LogP contribution in [0.15, 0.2) is 36.7 Å². The molecule has 1 N–H and O–H groups in total. The van der Waals surface area contributed by atoms with E-state index >= 15 is 0 Å². The third kappa shape index (κ3) is 4.14. The molecule has 0 saturated carbocycles. The lowest BCUT2D eigenvalue weighted by molar-refractivity contribution is -0.118. The first-order valence-electron chi connectivity index (χ1n) is 6.54. The van der Waals surface area contributed by atoms with E-state index in [0.29, 0.717) is 5.69 Å². The summed E-state index contributed by atoms with van der Waals surface area (Å²) in [6.45, 7) is 1.53. The van der Waals surface area contributed by atoms with Crippen LogP contribution in [0.25, 0.3) is 5.69 Å². The number of anilines is 1. The number of sulfone groups is 1. The van der Waals surface area contributed by atoms with Crippen molar-refractivity contribution >= 4 is 21.4 Å². The molecule has 1 atom stereocenters. The van der Waals surface area contributed by atoms with Gasteiger partial charge in [0.25, 0.3) is 0 Å². The van der Waals surface area contributed by atoms with Gasteiger partial charge in [0.1, 0.15) is 21.3 Å². The lowest BCUT2D eigenvalue weighted by Crippen LogP contribution is -2.26. The van der Waals surface area contributed by atoms with Gasteiger partial charge in [-0.25, -0.2) is 17.5 Å². The van der Waals surface area contributed by atoms with Gasteiger partial charge in [0, 0.05) is 12.2 Å². The Kier molecular flexibility index (Phi) is 4.60. The van der Waals surface area contributed by atoms with Crippen molar-refractivity contribution in [2.45, 2.75) is 6.92 Å². The molecule has 0 saturated heterocycles. The Morgan fingerprint density at radius 2 is 2.09 bits per heavy atom. The predicted molar refractivity (Wildman–Crippen MR) is 81.0 cm³/mol. The molecule has 0 aliphatic rings. The molecule has 1 heterocycles. The van der Waals surface area contributed by atoms with Gasteiger partial charge in [-0.05, 0) is 12.1 Å². The normalized spacial score (nSPS) is 12.9. The number of carbonyl (C=O) groups excluding carboxylic acids is 1. The molecule has 0 fully saturated rings. The molecule has 1 aromatic carbocycles. The number of halogens is 1. The Hall–Kier alpha value is -2.22. The maximum Gasteiger partial charge on any atom is 0.228 e. The molecule has 8 heteroatoms. The fourth-order valence-electron chi connectivity index (χ4n) is 1.95. The molecule has 1 unspecified atom stereocenters. The van der Waals surface area contributed by atoms with Crippen LogP contribution in [-0.2, 0) is 14.6 Å². The van der Waals surface area contributed by atoms with Crippen molar-refractivity contribution < 1.29 is 17.6 Å². The molecule has 0 spiro atoms. The van der Waals surface area contributed by atoms with E-state index in [9.17, 15) is 17.6 Å². The molecule has 1 aromatic heterocycles. The highest BCUT2D eigenvalue weighted by atomic mass is 32.2. The Labute approximate surface area is 127 Å². The van der Waals surface area contributed by atoms with Crippen molar-refractivity contribution in [1.82, 2.24) is 9.78 Å². The van der Waals surface area contributed by atoms with E-state index in [1.54, 1.807) is 18.2 Å². The van der Waals surface area contributed by atoms with E-state index in [1.165, 1.54) is 30.1 Å². The van der Waals surface area contributed by atoms with Gasteiger partial charge in [0.2, 0.25) is 5.91 Å². The number of benzene rings is 1. The number of rotatable bonds is 5. The molecule has 0 aliphatic carbocycles. The Balaban J connectivity index is 2.10. The third-order valence-corrected chi connectivity index (χ3v) is 4.06. The minimum atomic E-state index is -3.24. The van der Waals surface area contributed by atoms with E-state index in [2.05, 4.69) is 10.4 Å². The SMILES string of the molecule is CC(CS(C)(=O)=O)C(=O)Nc1cnn(-c2ccccc2F)c1.